The molecule has 0 amide bonds. The minimum atomic E-state index is -0.915. The van der Waals surface area contributed by atoms with E-state index in [0.29, 0.717) is 0 Å². The van der Waals surface area contributed by atoms with E-state index in [4.69, 9.17) is 10.5 Å². The van der Waals surface area contributed by atoms with Gasteiger partial charge in [0.05, 0.1) is 30.7 Å². The van der Waals surface area contributed by atoms with E-state index < -0.39 is 6.02 Å². The van der Waals surface area contributed by atoms with Gasteiger partial charge in [-0.05, 0) is 35.9 Å². The van der Waals surface area contributed by atoms with Crippen LogP contribution in [0.2, 0.25) is 0 Å². The Kier molecular flexibility index (Phi) is 12.0. The van der Waals surface area contributed by atoms with Crippen LogP contribution in [-0.4, -0.2) is 34.8 Å². The number of para-hydroxylation sites is 1. The Morgan fingerprint density at radius 2 is 1.59 bits per heavy atom. The number of benzene rings is 1. The number of nitrogens with two attached hydrogens (primary N) is 1. The van der Waals surface area contributed by atoms with Crippen molar-refractivity contribution in [3.05, 3.63) is 72.6 Å². The molecule has 4 N–H and O–H groups in total. The predicted molar refractivity (Wildman–Crippen MR) is 103 cm³/mol. The largest absolute Gasteiger partial charge is 2.00 e. The van der Waals surface area contributed by atoms with Crippen LogP contribution in [0.15, 0.2) is 77.2 Å². The second kappa shape index (κ2) is 13.6. The van der Waals surface area contributed by atoms with Crippen LogP contribution in [0.4, 0.5) is 0 Å². The fraction of sp³-hybridized carbons (Fsp3) is 0.0526. The van der Waals surface area contributed by atoms with Crippen molar-refractivity contribution < 1.29 is 36.9 Å². The first-order valence-corrected chi connectivity index (χ1v) is 7.81. The van der Waals surface area contributed by atoms with Crippen LogP contribution < -0.4 is 20.7 Å². The van der Waals surface area contributed by atoms with Gasteiger partial charge in [0.15, 0.2) is 0 Å². The molecule has 0 aliphatic carbocycles. The number of methoxy groups -OCH3 is 1. The second-order valence-corrected chi connectivity index (χ2v) is 4.99. The Hall–Kier alpha value is -3.49. The van der Waals surface area contributed by atoms with Gasteiger partial charge in [0.25, 0.3) is 0 Å². The molecule has 0 atom stereocenters. The van der Waals surface area contributed by atoms with Gasteiger partial charge in [-0.1, -0.05) is 30.0 Å². The molecule has 2 aromatic heterocycles. The van der Waals surface area contributed by atoms with Crippen molar-refractivity contribution in [2.24, 2.45) is 15.9 Å². The Morgan fingerprint density at radius 1 is 1.00 bits per heavy atom. The van der Waals surface area contributed by atoms with E-state index in [-0.39, 0.29) is 39.0 Å². The first kappa shape index (κ1) is 25.5. The Morgan fingerprint density at radius 3 is 2.03 bits per heavy atom. The van der Waals surface area contributed by atoms with Gasteiger partial charge in [0, 0.05) is 12.4 Å². The smallest absolute Gasteiger partial charge is 0.870 e. The Labute approximate surface area is 177 Å². The minimum absolute atomic E-state index is 0. The number of hydrogen-bond acceptors (Lipinski definition) is 7. The summed E-state index contributed by atoms with van der Waals surface area (Å²) in [5.74, 6) is -0.110. The van der Waals surface area contributed by atoms with Gasteiger partial charge in [0.2, 0.25) is 0 Å². The number of nitrogens with zero attached hydrogens (tertiary/aromatic N) is 4. The van der Waals surface area contributed by atoms with Crippen molar-refractivity contribution in [2.45, 2.75) is 0 Å². The van der Waals surface area contributed by atoms with Crippen LogP contribution >= 0.6 is 0 Å². The SMILES string of the molecule is COc1cccc(C=N/N=C(/N)[O-])c1[O-].O.[Ni+2].c1ccc(-c2ccccn2)nc1. The van der Waals surface area contributed by atoms with E-state index >= 15 is 0 Å². The third-order valence-corrected chi connectivity index (χ3v) is 3.17. The molecule has 0 bridgehead atoms. The number of amidine groups is 1. The van der Waals surface area contributed by atoms with E-state index in [2.05, 4.69) is 20.2 Å². The average molecular weight is 440 g/mol. The summed E-state index contributed by atoms with van der Waals surface area (Å²) < 4.78 is 4.82. The average Bonchev–Trinajstić information content (AvgIpc) is 2.71. The summed E-state index contributed by atoms with van der Waals surface area (Å²) >= 11 is 0. The van der Waals surface area contributed by atoms with Crippen LogP contribution in [-0.2, 0) is 16.5 Å². The number of aromatic nitrogens is 2. The van der Waals surface area contributed by atoms with Gasteiger partial charge in [-0.3, -0.25) is 9.97 Å². The molecule has 0 saturated carbocycles. The molecule has 0 spiro atoms. The molecule has 3 rings (SSSR count). The summed E-state index contributed by atoms with van der Waals surface area (Å²) in [7, 11) is 1.39. The van der Waals surface area contributed by atoms with Gasteiger partial charge in [-0.15, -0.1) is 5.10 Å². The zero-order valence-electron chi connectivity index (χ0n) is 15.3. The van der Waals surface area contributed by atoms with Gasteiger partial charge in [-0.25, -0.2) is 0 Å². The van der Waals surface area contributed by atoms with Crippen LogP contribution in [0.3, 0.4) is 0 Å². The fourth-order valence-electron chi connectivity index (χ4n) is 1.97. The van der Waals surface area contributed by atoms with Crippen molar-refractivity contribution in [1.29, 1.82) is 0 Å². The summed E-state index contributed by atoms with van der Waals surface area (Å²) in [6.07, 6.45) is 4.68. The van der Waals surface area contributed by atoms with E-state index in [0.717, 1.165) is 17.6 Å². The Balaban J connectivity index is 0.000000514. The molecule has 10 heteroatoms. The summed E-state index contributed by atoms with van der Waals surface area (Å²) in [5.41, 5.74) is 6.84. The molecular formula is C19H19N5NiO4. The Bertz CT molecular complexity index is 867. The first-order valence-electron chi connectivity index (χ1n) is 7.81. The first-order chi connectivity index (χ1) is 13.1. The number of ether oxygens (including phenoxy) is 1. The zero-order chi connectivity index (χ0) is 19.5. The summed E-state index contributed by atoms with van der Waals surface area (Å²) in [6, 6.07) is 15.4. The maximum Gasteiger partial charge on any atom is 2.00 e. The molecule has 0 unspecified atom stereocenters. The van der Waals surface area contributed by atoms with Crippen LogP contribution in [0.5, 0.6) is 11.5 Å². The molecule has 0 fully saturated rings. The molecule has 0 saturated heterocycles. The topological polar surface area (TPSA) is 163 Å². The number of hydrogen-bond donors (Lipinski definition) is 1. The summed E-state index contributed by atoms with van der Waals surface area (Å²) in [4.78, 5) is 8.37. The third kappa shape index (κ3) is 8.38. The molecule has 1 aromatic carbocycles. The fourth-order valence-corrected chi connectivity index (χ4v) is 1.97. The zero-order valence-corrected chi connectivity index (χ0v) is 16.3. The van der Waals surface area contributed by atoms with Gasteiger partial charge in [-0.2, -0.15) is 5.10 Å². The second-order valence-electron chi connectivity index (χ2n) is 4.99. The van der Waals surface area contributed by atoms with Gasteiger partial charge < -0.3 is 26.2 Å². The molecule has 0 aliphatic rings. The van der Waals surface area contributed by atoms with Crippen molar-refractivity contribution >= 4 is 12.2 Å². The van der Waals surface area contributed by atoms with Crippen LogP contribution in [0.25, 0.3) is 11.4 Å². The maximum absolute atomic E-state index is 11.5. The third-order valence-electron chi connectivity index (χ3n) is 3.17. The van der Waals surface area contributed by atoms with E-state index in [1.54, 1.807) is 18.5 Å². The maximum atomic E-state index is 11.5. The van der Waals surface area contributed by atoms with Crippen molar-refractivity contribution in [1.82, 2.24) is 9.97 Å². The van der Waals surface area contributed by atoms with Crippen molar-refractivity contribution in [3.8, 4) is 22.9 Å². The molecule has 9 nitrogen and oxygen atoms in total. The monoisotopic (exact) mass is 439 g/mol. The van der Waals surface area contributed by atoms with Gasteiger partial charge in [0.1, 0.15) is 5.75 Å². The predicted octanol–water partition coefficient (Wildman–Crippen LogP) is 0.0941. The van der Waals surface area contributed by atoms with E-state index in [1.807, 2.05) is 36.4 Å². The molecule has 29 heavy (non-hydrogen) atoms. The van der Waals surface area contributed by atoms with Crippen LogP contribution in [0.1, 0.15) is 5.56 Å². The molecular weight excluding hydrogens is 421 g/mol. The van der Waals surface area contributed by atoms with Gasteiger partial charge >= 0.3 is 16.5 Å². The minimum Gasteiger partial charge on any atom is -0.870 e. The molecule has 0 radical (unpaired) electrons. The molecule has 2 heterocycles. The molecule has 3 aromatic rings. The van der Waals surface area contributed by atoms with Crippen molar-refractivity contribution in [2.75, 3.05) is 7.11 Å². The van der Waals surface area contributed by atoms with E-state index in [1.165, 1.54) is 19.2 Å². The normalized spacial score (nSPS) is 10.2. The summed E-state index contributed by atoms with van der Waals surface area (Å²) in [6.45, 7) is 0. The van der Waals surface area contributed by atoms with E-state index in [9.17, 15) is 10.2 Å². The molecule has 154 valence electrons. The number of rotatable bonds is 4. The summed E-state index contributed by atoms with van der Waals surface area (Å²) in [5, 5.41) is 28.1. The van der Waals surface area contributed by atoms with Crippen molar-refractivity contribution in [3.63, 3.8) is 0 Å². The quantitative estimate of drug-likeness (QED) is 0.262. The molecule has 0 aliphatic heterocycles. The van der Waals surface area contributed by atoms with Crippen LogP contribution in [0, 0.1) is 0 Å². The number of pyridine rings is 2. The standard InChI is InChI=1S/C10H8N2.C9H11N3O3.Ni.H2O/c1-3-7-11-9(5-1)10-6-2-4-8-12-10;1-15-7-4-2-3-6(8(7)13)5-11-12-9(10)14;;/h1-8H;2-5,13H,1H3,(H3,10,12,14);;1H2/q;;+2;/p-2.